The van der Waals surface area contributed by atoms with E-state index in [9.17, 15) is 0 Å². The zero-order valence-corrected chi connectivity index (χ0v) is 18.2. The smallest absolute Gasteiger partial charge is 0.126 e. The van der Waals surface area contributed by atoms with Crippen molar-refractivity contribution in [1.29, 1.82) is 0 Å². The van der Waals surface area contributed by atoms with Crippen molar-refractivity contribution in [3.05, 3.63) is 0 Å². The third-order valence-electron chi connectivity index (χ3n) is 2.35. The first-order valence-corrected chi connectivity index (χ1v) is 17.2. The molecule has 0 aliphatic carbocycles. The summed E-state index contributed by atoms with van der Waals surface area (Å²) < 4.78 is 0. The minimum atomic E-state index is -2.31. The average molecular weight is 425 g/mol. The maximum absolute atomic E-state index is 5.74. The highest BCUT2D eigenvalue weighted by atomic mass is 35.8. The highest BCUT2D eigenvalue weighted by Crippen LogP contribution is 2.27. The Morgan fingerprint density at radius 1 is 0.526 bits per heavy atom. The number of hydrogen-bond acceptors (Lipinski definition) is 0. The second kappa shape index (κ2) is 13.8. The van der Waals surface area contributed by atoms with Gasteiger partial charge < -0.3 is 0 Å². The van der Waals surface area contributed by atoms with Crippen molar-refractivity contribution in [3.63, 3.8) is 0 Å². The molecule has 19 heavy (non-hydrogen) atoms. The van der Waals surface area contributed by atoms with Crippen LogP contribution in [-0.4, -0.2) is 12.0 Å². The summed E-state index contributed by atoms with van der Waals surface area (Å²) in [7, 11) is 0. The molecule has 0 saturated heterocycles. The van der Waals surface area contributed by atoms with E-state index in [-0.39, 0.29) is 0 Å². The largest absolute Gasteiger partial charge is 0.341 e. The molecule has 0 aromatic carbocycles. The number of hydrogen-bond donors (Lipinski definition) is 0. The monoisotopic (exact) mass is 422 g/mol. The van der Waals surface area contributed by atoms with Crippen molar-refractivity contribution in [3.8, 4) is 0 Å². The molecular formula is C11H24Cl6Si2. The standard InChI is InChI=1S/C8H17Cl3Si.C3H7Cl3Si/c1-2-3-4-5-6-7-8-12(9,10)11;1-2-3-7(4,5)6/h2-8H2,1H3;2-3H2,1H3. The van der Waals surface area contributed by atoms with Gasteiger partial charge in [0, 0.05) is 0 Å². The SMILES string of the molecule is CCCCCCCC[Si](Cl)(Cl)Cl.CCC[Si](Cl)(Cl)Cl. The van der Waals surface area contributed by atoms with Gasteiger partial charge in [0.1, 0.15) is 0 Å². The molecular weight excluding hydrogens is 401 g/mol. The predicted molar refractivity (Wildman–Crippen MR) is 99.9 cm³/mol. The molecule has 0 heterocycles. The molecule has 0 atom stereocenters. The van der Waals surface area contributed by atoms with Crippen LogP contribution in [0.25, 0.3) is 0 Å². The van der Waals surface area contributed by atoms with Gasteiger partial charge in [0.15, 0.2) is 0 Å². The summed E-state index contributed by atoms with van der Waals surface area (Å²) in [6.45, 7) is 4.23. The third kappa shape index (κ3) is 28.9. The molecule has 0 aliphatic rings. The molecule has 0 nitrogen and oxygen atoms in total. The summed E-state index contributed by atoms with van der Waals surface area (Å²) in [5, 5.41) is 0. The van der Waals surface area contributed by atoms with E-state index in [2.05, 4.69) is 6.92 Å². The molecule has 0 rings (SSSR count). The van der Waals surface area contributed by atoms with Gasteiger partial charge in [0.2, 0.25) is 0 Å². The van der Waals surface area contributed by atoms with E-state index in [0.29, 0.717) is 0 Å². The van der Waals surface area contributed by atoms with Crippen LogP contribution in [0.4, 0.5) is 0 Å². The lowest BCUT2D eigenvalue weighted by Gasteiger charge is -2.06. The highest BCUT2D eigenvalue weighted by Gasteiger charge is 2.23. The van der Waals surface area contributed by atoms with Gasteiger partial charge in [-0.15, -0.1) is 66.5 Å². The molecule has 118 valence electrons. The van der Waals surface area contributed by atoms with Gasteiger partial charge in [0.05, 0.1) is 0 Å². The molecule has 0 saturated carbocycles. The van der Waals surface area contributed by atoms with Crippen LogP contribution in [0, 0.1) is 0 Å². The van der Waals surface area contributed by atoms with E-state index >= 15 is 0 Å². The van der Waals surface area contributed by atoms with Gasteiger partial charge in [0.25, 0.3) is 0 Å². The topological polar surface area (TPSA) is 0 Å². The normalized spacial score (nSPS) is 12.0. The van der Waals surface area contributed by atoms with Crippen molar-refractivity contribution in [2.45, 2.75) is 70.9 Å². The summed E-state index contributed by atoms with van der Waals surface area (Å²) in [4.78, 5) is 0. The Bertz CT molecular complexity index is 191. The second-order valence-electron chi connectivity index (χ2n) is 4.50. The van der Waals surface area contributed by atoms with Gasteiger partial charge >= 0.3 is 12.0 Å². The molecule has 0 aromatic heterocycles. The van der Waals surface area contributed by atoms with Crippen molar-refractivity contribution in [2.24, 2.45) is 0 Å². The quantitative estimate of drug-likeness (QED) is 0.199. The third-order valence-corrected chi connectivity index (χ3v) is 7.74. The van der Waals surface area contributed by atoms with Gasteiger partial charge in [-0.3, -0.25) is 0 Å². The molecule has 0 N–H and O–H groups in total. The lowest BCUT2D eigenvalue weighted by atomic mass is 10.1. The van der Waals surface area contributed by atoms with Gasteiger partial charge in [-0.05, 0) is 12.1 Å². The molecule has 0 bridgehead atoms. The summed E-state index contributed by atoms with van der Waals surface area (Å²) in [5.74, 6) is 0. The number of rotatable bonds is 9. The predicted octanol–water partition coefficient (Wildman–Crippen LogP) is 8.05. The van der Waals surface area contributed by atoms with E-state index in [4.69, 9.17) is 66.5 Å². The maximum Gasteiger partial charge on any atom is 0.341 e. The summed E-state index contributed by atoms with van der Waals surface area (Å²) in [6, 6.07) is -2.95. The summed E-state index contributed by atoms with van der Waals surface area (Å²) >= 11 is 33.7. The Morgan fingerprint density at radius 3 is 1.26 bits per heavy atom. The molecule has 0 fully saturated rings. The zero-order valence-electron chi connectivity index (χ0n) is 11.6. The fraction of sp³-hybridized carbons (Fsp3) is 1.00. The van der Waals surface area contributed by atoms with E-state index < -0.39 is 12.0 Å². The zero-order chi connectivity index (χ0) is 15.4. The fourth-order valence-corrected chi connectivity index (χ4v) is 5.51. The van der Waals surface area contributed by atoms with Crippen LogP contribution >= 0.6 is 66.5 Å². The van der Waals surface area contributed by atoms with Crippen molar-refractivity contribution < 1.29 is 0 Å². The Morgan fingerprint density at radius 2 is 0.947 bits per heavy atom. The van der Waals surface area contributed by atoms with Crippen LogP contribution in [0.15, 0.2) is 0 Å². The lowest BCUT2D eigenvalue weighted by molar-refractivity contribution is 0.624. The Balaban J connectivity index is 0. The van der Waals surface area contributed by atoms with Crippen LogP contribution in [0.5, 0.6) is 0 Å². The van der Waals surface area contributed by atoms with Crippen molar-refractivity contribution >= 4 is 78.5 Å². The molecule has 0 aliphatic heterocycles. The average Bonchev–Trinajstić information content (AvgIpc) is 2.21. The lowest BCUT2D eigenvalue weighted by Crippen LogP contribution is -2.07. The fourth-order valence-electron chi connectivity index (χ4n) is 1.39. The van der Waals surface area contributed by atoms with E-state index in [0.717, 1.165) is 24.9 Å². The number of halogens is 6. The first-order valence-electron chi connectivity index (χ1n) is 6.76. The first kappa shape index (κ1) is 23.4. The van der Waals surface area contributed by atoms with E-state index in [1.807, 2.05) is 6.92 Å². The Labute approximate surface area is 148 Å². The van der Waals surface area contributed by atoms with Crippen molar-refractivity contribution in [2.75, 3.05) is 0 Å². The van der Waals surface area contributed by atoms with Crippen LogP contribution in [0.3, 0.4) is 0 Å². The Kier molecular flexibility index (Phi) is 17.0. The highest BCUT2D eigenvalue weighted by molar-refractivity contribution is 7.65. The van der Waals surface area contributed by atoms with E-state index in [1.54, 1.807) is 0 Å². The second-order valence-corrected chi connectivity index (χ2v) is 23.1. The molecule has 0 radical (unpaired) electrons. The van der Waals surface area contributed by atoms with Gasteiger partial charge in [-0.1, -0.05) is 58.8 Å². The molecule has 8 heteroatoms. The maximum atomic E-state index is 5.74. The van der Waals surface area contributed by atoms with Crippen molar-refractivity contribution in [1.82, 2.24) is 0 Å². The first-order chi connectivity index (χ1) is 8.62. The minimum Gasteiger partial charge on any atom is -0.126 e. The summed E-state index contributed by atoms with van der Waals surface area (Å²) in [6.07, 6.45) is 8.54. The molecule has 0 amide bonds. The summed E-state index contributed by atoms with van der Waals surface area (Å²) in [5.41, 5.74) is 0. The number of unbranched alkanes of at least 4 members (excludes halogenated alkanes) is 5. The minimum absolute atomic E-state index is 0.775. The van der Waals surface area contributed by atoms with Crippen LogP contribution in [0.2, 0.25) is 12.1 Å². The van der Waals surface area contributed by atoms with E-state index in [1.165, 1.54) is 32.1 Å². The molecule has 0 unspecified atom stereocenters. The van der Waals surface area contributed by atoms with Gasteiger partial charge in [-0.2, -0.15) is 0 Å². The van der Waals surface area contributed by atoms with Gasteiger partial charge in [-0.25, -0.2) is 0 Å². The van der Waals surface area contributed by atoms with Crippen LogP contribution in [0.1, 0.15) is 58.8 Å². The Hall–Kier alpha value is 2.17. The molecule has 0 aromatic rings. The van der Waals surface area contributed by atoms with Crippen LogP contribution in [-0.2, 0) is 0 Å². The van der Waals surface area contributed by atoms with Crippen LogP contribution < -0.4 is 0 Å². The molecule has 0 spiro atoms.